The summed E-state index contributed by atoms with van der Waals surface area (Å²) in [4.78, 5) is 0. The van der Waals surface area contributed by atoms with Crippen molar-refractivity contribution in [1.82, 2.24) is 0 Å². The summed E-state index contributed by atoms with van der Waals surface area (Å²) >= 11 is 0. The van der Waals surface area contributed by atoms with Crippen molar-refractivity contribution in [2.24, 2.45) is 7.05 Å². The largest absolute Gasteiger partial charge is 0.458 e. The quantitative estimate of drug-likeness (QED) is 0.332. The number of pyridine rings is 1. The van der Waals surface area contributed by atoms with Crippen LogP contribution >= 0.6 is 0 Å². The minimum atomic E-state index is 0.365. The van der Waals surface area contributed by atoms with E-state index in [4.69, 9.17) is 9.15 Å². The van der Waals surface area contributed by atoms with Gasteiger partial charge in [0.1, 0.15) is 12.8 Å². The topological polar surface area (TPSA) is 26.2 Å². The fourth-order valence-corrected chi connectivity index (χ4v) is 4.43. The molecule has 0 saturated carbocycles. The standard InChI is InChI=1S/C24H24NO2/c1-12(2)17-11-26-19-10-25(6)23-20-15(5)14(4)9-16-7-13(3)8-18(21(16)20)27-24(23)22(17)19/h7-12H,1-6H3/q+1. The molecule has 27 heavy (non-hydrogen) atoms. The van der Waals surface area contributed by atoms with E-state index in [1.807, 2.05) is 6.26 Å². The van der Waals surface area contributed by atoms with Crippen molar-refractivity contribution >= 4 is 21.7 Å². The highest BCUT2D eigenvalue weighted by Gasteiger charge is 2.34. The average molecular weight is 358 g/mol. The van der Waals surface area contributed by atoms with Gasteiger partial charge < -0.3 is 9.15 Å². The third-order valence-electron chi connectivity index (χ3n) is 5.89. The number of rotatable bonds is 1. The lowest BCUT2D eigenvalue weighted by Crippen LogP contribution is -2.32. The zero-order valence-electron chi connectivity index (χ0n) is 16.7. The lowest BCUT2D eigenvalue weighted by molar-refractivity contribution is -0.659. The first-order valence-electron chi connectivity index (χ1n) is 9.53. The number of aryl methyl sites for hydroxylation is 3. The van der Waals surface area contributed by atoms with Crippen molar-refractivity contribution < 1.29 is 13.7 Å². The summed E-state index contributed by atoms with van der Waals surface area (Å²) < 4.78 is 14.6. The smallest absolute Gasteiger partial charge is 0.257 e. The van der Waals surface area contributed by atoms with Crippen molar-refractivity contribution in [3.8, 4) is 22.8 Å². The molecule has 2 aromatic carbocycles. The lowest BCUT2D eigenvalue weighted by Gasteiger charge is -2.23. The zero-order valence-corrected chi connectivity index (χ0v) is 16.7. The number of aromatic nitrogens is 1. The summed E-state index contributed by atoms with van der Waals surface area (Å²) in [6.07, 6.45) is 3.96. The molecule has 4 aromatic rings. The predicted octanol–water partition coefficient (Wildman–Crippen LogP) is 6.23. The maximum Gasteiger partial charge on any atom is 0.257 e. The third-order valence-corrected chi connectivity index (χ3v) is 5.89. The number of nitrogens with zero attached hydrogens (tertiary/aromatic N) is 1. The van der Waals surface area contributed by atoms with Crippen LogP contribution in [-0.2, 0) is 7.05 Å². The average Bonchev–Trinajstić information content (AvgIpc) is 3.02. The molecule has 0 radical (unpaired) electrons. The van der Waals surface area contributed by atoms with E-state index in [1.54, 1.807) is 0 Å². The van der Waals surface area contributed by atoms with Crippen LogP contribution in [-0.4, -0.2) is 0 Å². The highest BCUT2D eigenvalue weighted by molar-refractivity contribution is 6.07. The second kappa shape index (κ2) is 5.35. The second-order valence-corrected chi connectivity index (χ2v) is 8.16. The Bertz CT molecular complexity index is 1260. The summed E-state index contributed by atoms with van der Waals surface area (Å²) in [7, 11) is 2.08. The Kier molecular flexibility index (Phi) is 3.24. The Labute approximate surface area is 159 Å². The number of ether oxygens (including phenoxy) is 1. The minimum absolute atomic E-state index is 0.365. The van der Waals surface area contributed by atoms with E-state index in [2.05, 4.69) is 70.6 Å². The second-order valence-electron chi connectivity index (χ2n) is 8.16. The molecule has 0 spiro atoms. The summed E-state index contributed by atoms with van der Waals surface area (Å²) in [6, 6.07) is 6.67. The van der Waals surface area contributed by atoms with Gasteiger partial charge in [0.05, 0.1) is 17.2 Å². The van der Waals surface area contributed by atoms with Gasteiger partial charge in [-0.2, -0.15) is 4.57 Å². The molecule has 5 rings (SSSR count). The van der Waals surface area contributed by atoms with E-state index in [9.17, 15) is 0 Å². The Morgan fingerprint density at radius 3 is 2.52 bits per heavy atom. The van der Waals surface area contributed by atoms with Crippen LogP contribution in [0, 0.1) is 20.8 Å². The van der Waals surface area contributed by atoms with Gasteiger partial charge in [-0.25, -0.2) is 0 Å². The van der Waals surface area contributed by atoms with Gasteiger partial charge in [-0.3, -0.25) is 0 Å². The highest BCUT2D eigenvalue weighted by atomic mass is 16.5. The van der Waals surface area contributed by atoms with Crippen LogP contribution in [0.15, 0.2) is 35.1 Å². The van der Waals surface area contributed by atoms with Crippen molar-refractivity contribution in [2.75, 3.05) is 0 Å². The van der Waals surface area contributed by atoms with E-state index in [0.29, 0.717) is 5.92 Å². The van der Waals surface area contributed by atoms with Crippen LogP contribution in [0.2, 0.25) is 0 Å². The van der Waals surface area contributed by atoms with Crippen LogP contribution in [0.1, 0.15) is 42.0 Å². The molecule has 3 heterocycles. The lowest BCUT2D eigenvalue weighted by atomic mass is 9.89. The van der Waals surface area contributed by atoms with Gasteiger partial charge >= 0.3 is 0 Å². The van der Waals surface area contributed by atoms with Gasteiger partial charge in [-0.05, 0) is 54.8 Å². The molecule has 136 valence electrons. The summed E-state index contributed by atoms with van der Waals surface area (Å²) in [5.41, 5.74) is 8.30. The highest BCUT2D eigenvalue weighted by Crippen LogP contribution is 2.51. The SMILES string of the molecule is Cc1cc2c3c(c(C)c(C)cc3c1)-c1c(c3c(C(C)C)coc3c[n+]1C)O2. The molecule has 0 amide bonds. The van der Waals surface area contributed by atoms with Gasteiger partial charge in [0.15, 0.2) is 0 Å². The van der Waals surface area contributed by atoms with Crippen molar-refractivity contribution in [1.29, 1.82) is 0 Å². The third kappa shape index (κ3) is 2.11. The molecule has 0 aliphatic carbocycles. The molecule has 3 nitrogen and oxygen atoms in total. The van der Waals surface area contributed by atoms with Crippen molar-refractivity contribution in [3.05, 3.63) is 52.9 Å². The molecule has 3 heteroatoms. The van der Waals surface area contributed by atoms with Crippen LogP contribution in [0.4, 0.5) is 0 Å². The van der Waals surface area contributed by atoms with Gasteiger partial charge in [-0.15, -0.1) is 0 Å². The molecule has 0 unspecified atom stereocenters. The normalized spacial score (nSPS) is 12.7. The molecular weight excluding hydrogens is 334 g/mol. The molecule has 1 aliphatic rings. The van der Waals surface area contributed by atoms with Crippen LogP contribution in [0.5, 0.6) is 11.5 Å². The molecular formula is C24H24NO2+. The molecule has 2 aromatic heterocycles. The Balaban J connectivity index is 2.02. The van der Waals surface area contributed by atoms with Crippen LogP contribution in [0.25, 0.3) is 33.0 Å². The first-order valence-corrected chi connectivity index (χ1v) is 9.53. The fraction of sp³-hybridized carbons (Fsp3) is 0.292. The number of furan rings is 1. The minimum Gasteiger partial charge on any atom is -0.458 e. The maximum absolute atomic E-state index is 6.59. The first kappa shape index (κ1) is 16.4. The monoisotopic (exact) mass is 358 g/mol. The van der Waals surface area contributed by atoms with Crippen molar-refractivity contribution in [2.45, 2.75) is 40.5 Å². The maximum atomic E-state index is 6.59. The molecule has 0 atom stereocenters. The van der Waals surface area contributed by atoms with E-state index in [1.165, 1.54) is 38.6 Å². The van der Waals surface area contributed by atoms with Gasteiger partial charge in [0.2, 0.25) is 17.5 Å². The molecule has 0 N–H and O–H groups in total. The molecule has 0 bridgehead atoms. The summed E-state index contributed by atoms with van der Waals surface area (Å²) in [5, 5.41) is 3.55. The van der Waals surface area contributed by atoms with Gasteiger partial charge in [0.25, 0.3) is 5.69 Å². The van der Waals surface area contributed by atoms with Crippen molar-refractivity contribution in [3.63, 3.8) is 0 Å². The Hall–Kier alpha value is -2.81. The first-order chi connectivity index (χ1) is 12.9. The summed E-state index contributed by atoms with van der Waals surface area (Å²) in [5.74, 6) is 2.23. The molecule has 0 fully saturated rings. The summed E-state index contributed by atoms with van der Waals surface area (Å²) in [6.45, 7) is 10.9. The Morgan fingerprint density at radius 2 is 1.78 bits per heavy atom. The van der Waals surface area contributed by atoms with E-state index >= 15 is 0 Å². The Morgan fingerprint density at radius 1 is 1.00 bits per heavy atom. The predicted molar refractivity (Wildman–Crippen MR) is 109 cm³/mol. The number of hydrogen-bond acceptors (Lipinski definition) is 2. The zero-order chi connectivity index (χ0) is 19.0. The fourth-order valence-electron chi connectivity index (χ4n) is 4.43. The van der Waals surface area contributed by atoms with Gasteiger partial charge in [-0.1, -0.05) is 26.0 Å². The van der Waals surface area contributed by atoms with E-state index in [-0.39, 0.29) is 0 Å². The molecule has 1 aliphatic heterocycles. The number of benzene rings is 2. The van der Waals surface area contributed by atoms with E-state index in [0.717, 1.165) is 28.2 Å². The number of hydrogen-bond donors (Lipinski definition) is 0. The van der Waals surface area contributed by atoms with Gasteiger partial charge in [0, 0.05) is 10.9 Å². The molecule has 0 saturated heterocycles. The van der Waals surface area contributed by atoms with E-state index < -0.39 is 0 Å². The van der Waals surface area contributed by atoms with Crippen LogP contribution < -0.4 is 9.30 Å². The number of fused-ring (bicyclic) bond motifs is 4. The van der Waals surface area contributed by atoms with Crippen LogP contribution in [0.3, 0.4) is 0 Å².